The summed E-state index contributed by atoms with van der Waals surface area (Å²) < 4.78 is 11.0. The number of aromatic nitrogens is 1. The predicted molar refractivity (Wildman–Crippen MR) is 76.7 cm³/mol. The van der Waals surface area contributed by atoms with Gasteiger partial charge in [0, 0.05) is 18.2 Å². The van der Waals surface area contributed by atoms with Crippen molar-refractivity contribution in [1.29, 1.82) is 0 Å². The first kappa shape index (κ1) is 13.5. The number of oxazole rings is 1. The van der Waals surface area contributed by atoms with Gasteiger partial charge in [0.15, 0.2) is 5.76 Å². The van der Waals surface area contributed by atoms with Gasteiger partial charge in [-0.25, -0.2) is 4.98 Å². The monoisotopic (exact) mass is 260 g/mol. The summed E-state index contributed by atoms with van der Waals surface area (Å²) in [5.74, 6) is 1.64. The number of anilines is 1. The van der Waals surface area contributed by atoms with Gasteiger partial charge in [-0.05, 0) is 23.6 Å². The maximum absolute atomic E-state index is 5.60. The third kappa shape index (κ3) is 2.72. The number of ether oxygens (including phenoxy) is 1. The average Bonchev–Trinajstić information content (AvgIpc) is 2.85. The Bertz CT molecular complexity index is 568. The van der Waals surface area contributed by atoms with E-state index in [1.165, 1.54) is 0 Å². The molecule has 0 fully saturated rings. The van der Waals surface area contributed by atoms with E-state index in [-0.39, 0.29) is 5.41 Å². The number of methoxy groups -OCH3 is 1. The highest BCUT2D eigenvalue weighted by molar-refractivity contribution is 5.61. The van der Waals surface area contributed by atoms with E-state index in [4.69, 9.17) is 9.15 Å². The zero-order valence-corrected chi connectivity index (χ0v) is 12.1. The van der Waals surface area contributed by atoms with E-state index < -0.39 is 0 Å². The fraction of sp³-hybridized carbons (Fsp3) is 0.400. The van der Waals surface area contributed by atoms with Crippen molar-refractivity contribution >= 4 is 6.01 Å². The Morgan fingerprint density at radius 3 is 2.53 bits per heavy atom. The van der Waals surface area contributed by atoms with Gasteiger partial charge in [-0.1, -0.05) is 20.8 Å². The van der Waals surface area contributed by atoms with Gasteiger partial charge in [-0.2, -0.15) is 0 Å². The molecule has 0 radical (unpaired) electrons. The van der Waals surface area contributed by atoms with Crippen molar-refractivity contribution in [3.05, 3.63) is 30.0 Å². The standard InChI is InChI=1S/C15H20N2O2/c1-15(2,3)11-8-10(6-7-12(11)18-5)13-9-17-14(16-4)19-13/h6-9H,1-5H3,(H,16,17). The van der Waals surface area contributed by atoms with Gasteiger partial charge in [0.2, 0.25) is 0 Å². The third-order valence-corrected chi connectivity index (χ3v) is 3.01. The summed E-state index contributed by atoms with van der Waals surface area (Å²) >= 11 is 0. The van der Waals surface area contributed by atoms with Crippen LogP contribution in [0.5, 0.6) is 5.75 Å². The molecule has 1 aromatic carbocycles. The molecule has 0 atom stereocenters. The Kier molecular flexibility index (Phi) is 3.51. The quantitative estimate of drug-likeness (QED) is 0.914. The second-order valence-corrected chi connectivity index (χ2v) is 5.44. The van der Waals surface area contributed by atoms with Gasteiger partial charge in [0.1, 0.15) is 5.75 Å². The zero-order chi connectivity index (χ0) is 14.0. The lowest BCUT2D eigenvalue weighted by Gasteiger charge is -2.22. The van der Waals surface area contributed by atoms with Gasteiger partial charge in [-0.3, -0.25) is 0 Å². The molecule has 0 aliphatic heterocycles. The summed E-state index contributed by atoms with van der Waals surface area (Å²) in [6, 6.07) is 6.56. The maximum Gasteiger partial charge on any atom is 0.294 e. The lowest BCUT2D eigenvalue weighted by molar-refractivity contribution is 0.397. The average molecular weight is 260 g/mol. The van der Waals surface area contributed by atoms with Crippen LogP contribution in [0, 0.1) is 0 Å². The smallest absolute Gasteiger partial charge is 0.294 e. The van der Waals surface area contributed by atoms with Crippen LogP contribution in [-0.4, -0.2) is 19.1 Å². The fourth-order valence-corrected chi connectivity index (χ4v) is 1.97. The van der Waals surface area contributed by atoms with Crippen molar-refractivity contribution in [2.75, 3.05) is 19.5 Å². The number of nitrogens with one attached hydrogen (secondary N) is 1. The van der Waals surface area contributed by atoms with Crippen molar-refractivity contribution in [3.8, 4) is 17.1 Å². The highest BCUT2D eigenvalue weighted by atomic mass is 16.5. The molecule has 1 aromatic heterocycles. The van der Waals surface area contributed by atoms with Crippen molar-refractivity contribution in [3.63, 3.8) is 0 Å². The molecular formula is C15H20N2O2. The van der Waals surface area contributed by atoms with Crippen LogP contribution in [0.4, 0.5) is 6.01 Å². The maximum atomic E-state index is 5.60. The second kappa shape index (κ2) is 4.96. The normalized spacial score (nSPS) is 11.4. The second-order valence-electron chi connectivity index (χ2n) is 5.44. The lowest BCUT2D eigenvalue weighted by Crippen LogP contribution is -2.12. The minimum absolute atomic E-state index is 0.00715. The third-order valence-electron chi connectivity index (χ3n) is 3.01. The van der Waals surface area contributed by atoms with Crippen LogP contribution < -0.4 is 10.1 Å². The molecule has 2 rings (SSSR count). The molecule has 1 heterocycles. The van der Waals surface area contributed by atoms with Gasteiger partial charge >= 0.3 is 0 Å². The molecule has 0 amide bonds. The Hall–Kier alpha value is -1.97. The Labute approximate surface area is 113 Å². The predicted octanol–water partition coefficient (Wildman–Crippen LogP) is 3.69. The van der Waals surface area contributed by atoms with Crippen molar-refractivity contribution in [2.45, 2.75) is 26.2 Å². The van der Waals surface area contributed by atoms with E-state index in [1.54, 1.807) is 20.4 Å². The van der Waals surface area contributed by atoms with Crippen molar-refractivity contribution < 1.29 is 9.15 Å². The van der Waals surface area contributed by atoms with Crippen molar-refractivity contribution in [1.82, 2.24) is 4.98 Å². The lowest BCUT2D eigenvalue weighted by atomic mass is 9.85. The van der Waals surface area contributed by atoms with Crippen LogP contribution >= 0.6 is 0 Å². The van der Waals surface area contributed by atoms with Crippen LogP contribution in [0.1, 0.15) is 26.3 Å². The summed E-state index contributed by atoms with van der Waals surface area (Å²) in [4.78, 5) is 4.14. The Morgan fingerprint density at radius 2 is 2.00 bits per heavy atom. The summed E-state index contributed by atoms with van der Waals surface area (Å²) in [6.45, 7) is 6.48. The molecule has 4 nitrogen and oxygen atoms in total. The summed E-state index contributed by atoms with van der Waals surface area (Å²) in [5.41, 5.74) is 2.15. The molecule has 0 spiro atoms. The minimum Gasteiger partial charge on any atom is -0.496 e. The van der Waals surface area contributed by atoms with E-state index in [0.29, 0.717) is 6.01 Å². The minimum atomic E-state index is 0.00715. The van der Waals surface area contributed by atoms with E-state index >= 15 is 0 Å². The van der Waals surface area contributed by atoms with Gasteiger partial charge in [0.25, 0.3) is 6.01 Å². The SMILES string of the molecule is CNc1ncc(-c2ccc(OC)c(C(C)(C)C)c2)o1. The molecule has 19 heavy (non-hydrogen) atoms. The summed E-state index contributed by atoms with van der Waals surface area (Å²) in [6.07, 6.45) is 1.72. The van der Waals surface area contributed by atoms with E-state index in [0.717, 1.165) is 22.6 Å². The van der Waals surface area contributed by atoms with Gasteiger partial charge in [-0.15, -0.1) is 0 Å². The highest BCUT2D eigenvalue weighted by Crippen LogP contribution is 2.35. The molecule has 0 unspecified atom stereocenters. The first-order valence-electron chi connectivity index (χ1n) is 6.28. The Morgan fingerprint density at radius 1 is 1.26 bits per heavy atom. The summed E-state index contributed by atoms with van der Waals surface area (Å²) in [5, 5.41) is 2.88. The molecule has 0 aliphatic rings. The zero-order valence-electron chi connectivity index (χ0n) is 12.1. The van der Waals surface area contributed by atoms with Crippen LogP contribution in [-0.2, 0) is 5.41 Å². The van der Waals surface area contributed by atoms with Crippen molar-refractivity contribution in [2.24, 2.45) is 0 Å². The molecule has 2 aromatic rings. The molecule has 102 valence electrons. The van der Waals surface area contributed by atoms with E-state index in [2.05, 4.69) is 37.1 Å². The Balaban J connectivity index is 2.48. The van der Waals surface area contributed by atoms with E-state index in [9.17, 15) is 0 Å². The largest absolute Gasteiger partial charge is 0.496 e. The topological polar surface area (TPSA) is 47.3 Å². The first-order chi connectivity index (χ1) is 8.95. The van der Waals surface area contributed by atoms with Gasteiger partial charge in [0.05, 0.1) is 13.3 Å². The fourth-order valence-electron chi connectivity index (χ4n) is 1.97. The summed E-state index contributed by atoms with van der Waals surface area (Å²) in [7, 11) is 3.47. The van der Waals surface area contributed by atoms with Crippen LogP contribution in [0.25, 0.3) is 11.3 Å². The van der Waals surface area contributed by atoms with Crippen LogP contribution in [0.15, 0.2) is 28.8 Å². The number of benzene rings is 1. The van der Waals surface area contributed by atoms with Gasteiger partial charge < -0.3 is 14.5 Å². The molecule has 1 N–H and O–H groups in total. The highest BCUT2D eigenvalue weighted by Gasteiger charge is 2.20. The first-order valence-corrected chi connectivity index (χ1v) is 6.28. The molecule has 0 saturated heterocycles. The molecule has 4 heteroatoms. The number of rotatable bonds is 3. The number of hydrogen-bond acceptors (Lipinski definition) is 4. The molecule has 0 aliphatic carbocycles. The molecular weight excluding hydrogens is 240 g/mol. The molecule has 0 saturated carbocycles. The van der Waals surface area contributed by atoms with Crippen LogP contribution in [0.3, 0.4) is 0 Å². The van der Waals surface area contributed by atoms with Crippen LogP contribution in [0.2, 0.25) is 0 Å². The van der Waals surface area contributed by atoms with E-state index in [1.807, 2.05) is 12.1 Å². The number of hydrogen-bond donors (Lipinski definition) is 1. The number of nitrogens with zero attached hydrogens (tertiary/aromatic N) is 1. The molecule has 0 bridgehead atoms.